The minimum absolute atomic E-state index is 0.0163. The predicted molar refractivity (Wildman–Crippen MR) is 148 cm³/mol. The number of hydrogen-bond donors (Lipinski definition) is 0. The summed E-state index contributed by atoms with van der Waals surface area (Å²) in [6.07, 6.45) is 11.4. The van der Waals surface area contributed by atoms with E-state index in [0.717, 1.165) is 25.7 Å². The highest BCUT2D eigenvalue weighted by Gasteiger charge is 2.27. The van der Waals surface area contributed by atoms with E-state index < -0.39 is 0 Å². The molecule has 4 rings (SSSR count). The second kappa shape index (κ2) is 13.6. The molecule has 0 aromatic heterocycles. The molecule has 4 heteroatoms. The van der Waals surface area contributed by atoms with Gasteiger partial charge in [0.1, 0.15) is 18.3 Å². The van der Waals surface area contributed by atoms with Crippen molar-refractivity contribution < 1.29 is 19.3 Å². The maximum atomic E-state index is 12.2. The minimum Gasteiger partial charge on any atom is -0.462 e. The number of carbonyl (C=O) groups excluding carboxylic acids is 1. The molecule has 2 aliphatic carbocycles. The van der Waals surface area contributed by atoms with Crippen LogP contribution in [0.4, 0.5) is 0 Å². The van der Waals surface area contributed by atoms with Gasteiger partial charge >= 0.3 is 5.97 Å². The van der Waals surface area contributed by atoms with Gasteiger partial charge in [0.05, 0.1) is 6.61 Å². The SMILES string of the molecule is C=CCCOOC(=C)CC(=O)OC1CCC(c2ccc(C3CCC(c4ccc(C)cc4)CC3)cc2)CC1. The first-order valence-electron chi connectivity index (χ1n) is 14.0. The molecular weight excluding hydrogens is 460 g/mol. The Morgan fingerprint density at radius 3 is 1.76 bits per heavy atom. The van der Waals surface area contributed by atoms with Gasteiger partial charge in [0.25, 0.3) is 0 Å². The molecule has 0 atom stereocenters. The van der Waals surface area contributed by atoms with Crippen molar-refractivity contribution in [1.29, 1.82) is 0 Å². The van der Waals surface area contributed by atoms with Gasteiger partial charge in [0, 0.05) is 0 Å². The van der Waals surface area contributed by atoms with Gasteiger partial charge in [-0.15, -0.1) is 6.58 Å². The van der Waals surface area contributed by atoms with Gasteiger partial charge in [-0.2, -0.15) is 4.89 Å². The van der Waals surface area contributed by atoms with Crippen molar-refractivity contribution in [2.75, 3.05) is 6.61 Å². The summed E-state index contributed by atoms with van der Waals surface area (Å²) in [5.41, 5.74) is 5.75. The van der Waals surface area contributed by atoms with Crippen LogP contribution in [-0.4, -0.2) is 18.7 Å². The fourth-order valence-corrected chi connectivity index (χ4v) is 5.83. The molecule has 198 valence electrons. The first-order valence-corrected chi connectivity index (χ1v) is 14.0. The van der Waals surface area contributed by atoms with E-state index >= 15 is 0 Å². The lowest BCUT2D eigenvalue weighted by Gasteiger charge is -2.30. The number of benzene rings is 2. The molecule has 0 heterocycles. The number of aryl methyl sites for hydroxylation is 1. The second-order valence-corrected chi connectivity index (χ2v) is 10.8. The number of rotatable bonds is 11. The van der Waals surface area contributed by atoms with Crippen LogP contribution in [0.25, 0.3) is 0 Å². The number of hydrogen-bond acceptors (Lipinski definition) is 4. The first-order chi connectivity index (χ1) is 18.0. The van der Waals surface area contributed by atoms with Gasteiger partial charge in [0.15, 0.2) is 0 Å². The summed E-state index contributed by atoms with van der Waals surface area (Å²) >= 11 is 0. The molecule has 4 nitrogen and oxygen atoms in total. The van der Waals surface area contributed by atoms with Crippen molar-refractivity contribution in [2.24, 2.45) is 0 Å². The van der Waals surface area contributed by atoms with Crippen LogP contribution in [0.1, 0.15) is 104 Å². The Labute approximate surface area is 222 Å². The Morgan fingerprint density at radius 2 is 1.27 bits per heavy atom. The fourth-order valence-electron chi connectivity index (χ4n) is 5.83. The molecular formula is C33H42O4. The van der Waals surface area contributed by atoms with Crippen LogP contribution in [0.15, 0.2) is 73.5 Å². The number of carbonyl (C=O) groups is 1. The number of ether oxygens (including phenoxy) is 1. The molecule has 0 amide bonds. The largest absolute Gasteiger partial charge is 0.462 e. The lowest BCUT2D eigenvalue weighted by Crippen LogP contribution is -2.24. The van der Waals surface area contributed by atoms with Crippen molar-refractivity contribution in [1.82, 2.24) is 0 Å². The summed E-state index contributed by atoms with van der Waals surface area (Å²) in [4.78, 5) is 22.2. The van der Waals surface area contributed by atoms with E-state index in [-0.39, 0.29) is 24.3 Å². The summed E-state index contributed by atoms with van der Waals surface area (Å²) in [6.45, 7) is 9.89. The van der Waals surface area contributed by atoms with E-state index in [0.29, 0.717) is 30.8 Å². The highest BCUT2D eigenvalue weighted by molar-refractivity contribution is 5.71. The van der Waals surface area contributed by atoms with Gasteiger partial charge in [-0.1, -0.05) is 66.7 Å². The Kier molecular flexibility index (Phi) is 10.0. The molecule has 2 fully saturated rings. The zero-order valence-corrected chi connectivity index (χ0v) is 22.3. The van der Waals surface area contributed by atoms with E-state index in [2.05, 4.69) is 68.6 Å². The van der Waals surface area contributed by atoms with Crippen molar-refractivity contribution in [2.45, 2.75) is 95.0 Å². The lowest BCUT2D eigenvalue weighted by atomic mass is 9.75. The molecule has 0 aliphatic heterocycles. The summed E-state index contributed by atoms with van der Waals surface area (Å²) in [7, 11) is 0. The molecule has 0 spiro atoms. The summed E-state index contributed by atoms with van der Waals surface area (Å²) in [5.74, 6) is 1.89. The van der Waals surface area contributed by atoms with Crippen LogP contribution < -0.4 is 0 Å². The molecule has 2 saturated carbocycles. The Balaban J connectivity index is 1.17. The smallest absolute Gasteiger partial charge is 0.313 e. The third-order valence-electron chi connectivity index (χ3n) is 8.05. The summed E-state index contributed by atoms with van der Waals surface area (Å²) in [5, 5.41) is 0. The Bertz CT molecular complexity index is 1010. The van der Waals surface area contributed by atoms with Crippen LogP contribution in [-0.2, 0) is 19.3 Å². The topological polar surface area (TPSA) is 44.8 Å². The molecule has 2 aromatic carbocycles. The van der Waals surface area contributed by atoms with Gasteiger partial charge in [-0.25, -0.2) is 0 Å². The van der Waals surface area contributed by atoms with E-state index in [1.807, 2.05) is 0 Å². The predicted octanol–water partition coefficient (Wildman–Crippen LogP) is 8.43. The van der Waals surface area contributed by atoms with E-state index in [1.54, 1.807) is 6.08 Å². The third kappa shape index (κ3) is 8.07. The van der Waals surface area contributed by atoms with E-state index in [4.69, 9.17) is 14.5 Å². The first kappa shape index (κ1) is 27.2. The summed E-state index contributed by atoms with van der Waals surface area (Å²) in [6, 6.07) is 18.5. The molecule has 2 aliphatic rings. The van der Waals surface area contributed by atoms with Crippen LogP contribution in [0, 0.1) is 6.92 Å². The van der Waals surface area contributed by atoms with Crippen LogP contribution >= 0.6 is 0 Å². The van der Waals surface area contributed by atoms with Gasteiger partial charge in [-0.05, 0) is 99.2 Å². The highest BCUT2D eigenvalue weighted by atomic mass is 17.2. The van der Waals surface area contributed by atoms with E-state index in [9.17, 15) is 4.79 Å². The van der Waals surface area contributed by atoms with Crippen molar-refractivity contribution in [3.05, 3.63) is 95.8 Å². The average Bonchev–Trinajstić information content (AvgIpc) is 2.92. The fraction of sp³-hybridized carbons (Fsp3) is 0.485. The molecule has 2 aromatic rings. The van der Waals surface area contributed by atoms with Gasteiger partial charge in [0.2, 0.25) is 0 Å². The van der Waals surface area contributed by atoms with Crippen LogP contribution in [0.2, 0.25) is 0 Å². The molecule has 37 heavy (non-hydrogen) atoms. The Morgan fingerprint density at radius 1 is 0.811 bits per heavy atom. The zero-order valence-electron chi connectivity index (χ0n) is 22.3. The maximum absolute atomic E-state index is 12.2. The second-order valence-electron chi connectivity index (χ2n) is 10.8. The average molecular weight is 503 g/mol. The highest BCUT2D eigenvalue weighted by Crippen LogP contribution is 2.41. The zero-order chi connectivity index (χ0) is 26.0. The lowest BCUT2D eigenvalue weighted by molar-refractivity contribution is -0.262. The van der Waals surface area contributed by atoms with E-state index in [1.165, 1.54) is 47.9 Å². The normalized spacial score (nSPS) is 23.7. The van der Waals surface area contributed by atoms with Crippen LogP contribution in [0.5, 0.6) is 0 Å². The third-order valence-corrected chi connectivity index (χ3v) is 8.05. The molecule has 0 saturated heterocycles. The van der Waals surface area contributed by atoms with Crippen LogP contribution in [0.3, 0.4) is 0 Å². The van der Waals surface area contributed by atoms with Gasteiger partial charge in [-0.3, -0.25) is 4.79 Å². The quantitative estimate of drug-likeness (QED) is 0.0772. The van der Waals surface area contributed by atoms with Crippen molar-refractivity contribution >= 4 is 5.97 Å². The maximum Gasteiger partial charge on any atom is 0.313 e. The summed E-state index contributed by atoms with van der Waals surface area (Å²) < 4.78 is 5.67. The molecule has 0 N–H and O–H groups in total. The molecule has 0 bridgehead atoms. The number of esters is 1. The van der Waals surface area contributed by atoms with Gasteiger partial charge < -0.3 is 9.62 Å². The molecule has 0 unspecified atom stereocenters. The minimum atomic E-state index is -0.303. The monoisotopic (exact) mass is 502 g/mol. The van der Waals surface area contributed by atoms with Crippen molar-refractivity contribution in [3.63, 3.8) is 0 Å². The molecule has 0 radical (unpaired) electrons. The standard InChI is InChI=1S/C33H42O4/c1-4-5-22-35-37-25(3)23-33(34)36-32-20-18-31(19-21-32)30-16-14-29(15-17-30)28-12-10-27(11-13-28)26-8-6-24(2)7-9-26/h4,6-9,14-17,27-28,31-32H,1,3,5,10-13,18-23H2,2H3. The Hall–Kier alpha value is -2.85. The van der Waals surface area contributed by atoms with Crippen molar-refractivity contribution in [3.8, 4) is 0 Å².